The summed E-state index contributed by atoms with van der Waals surface area (Å²) in [6.45, 7) is 23.2. The van der Waals surface area contributed by atoms with Gasteiger partial charge in [0.05, 0.1) is 24.2 Å². The van der Waals surface area contributed by atoms with Gasteiger partial charge in [-0.3, -0.25) is 0 Å². The lowest BCUT2D eigenvalue weighted by atomic mass is 9.99. The standard InChI is InChI=1S/C42H67N9O8/c1-39(2,3)56-35(52)45-28-19-29(46-36(53)57-40(4,5)6)23-50(22-28)32-17-18-34(49-33(21-32)44-27-15-13-26(43)14-16-27)51-24-30(47-37(54)58-41(7,8)9)20-31(25-51)48-38(55)59-42(10,11)12/h13-17,21,28-31,44H,18-20,22-25,43H2,1-12H3,(H,45,52)(H,46,53)(H,47,54)(H,48,55). The van der Waals surface area contributed by atoms with E-state index in [0.717, 1.165) is 11.4 Å². The Bertz CT molecular complexity index is 1670. The molecule has 2 fully saturated rings. The topological polar surface area (TPSA) is 210 Å². The summed E-state index contributed by atoms with van der Waals surface area (Å²) in [6, 6.07) is 5.66. The van der Waals surface area contributed by atoms with Gasteiger partial charge in [0.25, 0.3) is 0 Å². The second kappa shape index (κ2) is 18.7. The van der Waals surface area contributed by atoms with Crippen molar-refractivity contribution in [3.05, 3.63) is 47.9 Å². The number of nitrogens with zero attached hydrogens (tertiary/aromatic N) is 3. The molecule has 0 saturated carbocycles. The van der Waals surface area contributed by atoms with Crippen molar-refractivity contribution in [2.75, 3.05) is 37.2 Å². The molecule has 0 bridgehead atoms. The van der Waals surface area contributed by atoms with Gasteiger partial charge in [-0.25, -0.2) is 24.2 Å². The summed E-state index contributed by atoms with van der Waals surface area (Å²) >= 11 is 0. The van der Waals surface area contributed by atoms with E-state index >= 15 is 0 Å². The lowest BCUT2D eigenvalue weighted by Crippen LogP contribution is -2.59. The molecule has 4 rings (SSSR count). The number of nitrogen functional groups attached to an aromatic ring is 1. The van der Waals surface area contributed by atoms with Crippen LogP contribution >= 0.6 is 0 Å². The van der Waals surface area contributed by atoms with Gasteiger partial charge >= 0.3 is 24.4 Å². The highest BCUT2D eigenvalue weighted by atomic mass is 16.6. The molecule has 0 spiro atoms. The first-order valence-corrected chi connectivity index (χ1v) is 20.3. The lowest BCUT2D eigenvalue weighted by Gasteiger charge is -2.40. The quantitative estimate of drug-likeness (QED) is 0.134. The maximum Gasteiger partial charge on any atom is 0.407 e. The molecule has 4 amide bonds. The minimum absolute atomic E-state index is 0.363. The molecule has 0 aromatic heterocycles. The molecule has 17 nitrogen and oxygen atoms in total. The van der Waals surface area contributed by atoms with Crippen molar-refractivity contribution in [3.63, 3.8) is 0 Å². The highest BCUT2D eigenvalue weighted by Gasteiger charge is 2.35. The third-order valence-electron chi connectivity index (χ3n) is 8.73. The van der Waals surface area contributed by atoms with E-state index in [-0.39, 0.29) is 0 Å². The van der Waals surface area contributed by atoms with Gasteiger partial charge in [-0.2, -0.15) is 0 Å². The summed E-state index contributed by atoms with van der Waals surface area (Å²) in [5.74, 6) is 1.18. The number of aliphatic imine (C=N–C) groups is 1. The van der Waals surface area contributed by atoms with Gasteiger partial charge in [0.1, 0.15) is 34.1 Å². The number of amidine groups is 1. The zero-order valence-electron chi connectivity index (χ0n) is 36.9. The fourth-order valence-electron chi connectivity index (χ4n) is 6.75. The first kappa shape index (κ1) is 46.3. The number of alkyl carbamates (subject to hydrolysis) is 4. The van der Waals surface area contributed by atoms with Crippen LogP contribution in [0.5, 0.6) is 0 Å². The van der Waals surface area contributed by atoms with E-state index in [2.05, 4.69) is 31.5 Å². The molecule has 1 aromatic carbocycles. The number of hydrogen-bond acceptors (Lipinski definition) is 13. The van der Waals surface area contributed by atoms with E-state index in [0.29, 0.717) is 62.8 Å². The Morgan fingerprint density at radius 3 is 1.31 bits per heavy atom. The number of allylic oxidation sites excluding steroid dienone is 1. The second-order valence-electron chi connectivity index (χ2n) is 19.3. The molecule has 0 radical (unpaired) electrons. The largest absolute Gasteiger partial charge is 0.444 e. The normalized spacial score (nSPS) is 21.7. The zero-order valence-corrected chi connectivity index (χ0v) is 36.9. The number of ether oxygens (including phenoxy) is 4. The Labute approximate surface area is 349 Å². The third kappa shape index (κ3) is 16.8. The van der Waals surface area contributed by atoms with Crippen molar-refractivity contribution in [2.24, 2.45) is 4.99 Å². The number of carbonyl (C=O) groups is 4. The molecule has 3 aliphatic heterocycles. The number of likely N-dealkylation sites (tertiary alicyclic amines) is 2. The van der Waals surface area contributed by atoms with Crippen LogP contribution in [0.15, 0.2) is 52.9 Å². The van der Waals surface area contributed by atoms with Crippen LogP contribution in [-0.4, -0.2) is 113 Å². The molecular weight excluding hydrogens is 759 g/mol. The van der Waals surface area contributed by atoms with Crippen LogP contribution in [0.2, 0.25) is 0 Å². The summed E-state index contributed by atoms with van der Waals surface area (Å²) in [5.41, 5.74) is 5.33. The number of anilines is 2. The van der Waals surface area contributed by atoms with Gasteiger partial charge in [-0.15, -0.1) is 0 Å². The van der Waals surface area contributed by atoms with Crippen molar-refractivity contribution in [3.8, 4) is 0 Å². The van der Waals surface area contributed by atoms with Crippen LogP contribution in [0.25, 0.3) is 0 Å². The van der Waals surface area contributed by atoms with E-state index in [1.54, 1.807) is 95.2 Å². The number of nitrogens with one attached hydrogen (secondary N) is 5. The minimum Gasteiger partial charge on any atom is -0.444 e. The predicted octanol–water partition coefficient (Wildman–Crippen LogP) is 6.19. The molecule has 328 valence electrons. The van der Waals surface area contributed by atoms with Crippen LogP contribution in [-0.2, 0) is 18.9 Å². The zero-order chi connectivity index (χ0) is 43.9. The number of nitrogens with two attached hydrogens (primary N) is 1. The Balaban J connectivity index is 1.68. The van der Waals surface area contributed by atoms with E-state index < -0.39 is 70.9 Å². The summed E-state index contributed by atoms with van der Waals surface area (Å²) < 4.78 is 22.4. The van der Waals surface area contributed by atoms with Gasteiger partial charge in [0.2, 0.25) is 0 Å². The fourth-order valence-corrected chi connectivity index (χ4v) is 6.75. The first-order chi connectivity index (χ1) is 27.2. The third-order valence-corrected chi connectivity index (χ3v) is 8.73. The average molecular weight is 826 g/mol. The van der Waals surface area contributed by atoms with Crippen molar-refractivity contribution in [1.29, 1.82) is 0 Å². The van der Waals surface area contributed by atoms with Crippen LogP contribution in [0.4, 0.5) is 30.6 Å². The summed E-state index contributed by atoms with van der Waals surface area (Å²) in [5, 5.41) is 15.4. The van der Waals surface area contributed by atoms with Crippen LogP contribution in [0.1, 0.15) is 102 Å². The molecule has 7 N–H and O–H groups in total. The predicted molar refractivity (Wildman–Crippen MR) is 228 cm³/mol. The van der Waals surface area contributed by atoms with E-state index in [4.69, 9.17) is 29.7 Å². The first-order valence-electron chi connectivity index (χ1n) is 20.3. The molecule has 4 atom stereocenters. The number of carbonyl (C=O) groups excluding carboxylic acids is 4. The Morgan fingerprint density at radius 2 is 0.949 bits per heavy atom. The van der Waals surface area contributed by atoms with E-state index in [1.807, 2.05) is 29.2 Å². The van der Waals surface area contributed by atoms with Crippen LogP contribution in [0.3, 0.4) is 0 Å². The Morgan fingerprint density at radius 1 is 0.593 bits per heavy atom. The van der Waals surface area contributed by atoms with Gasteiger partial charge in [0.15, 0.2) is 0 Å². The molecule has 17 heteroatoms. The highest BCUT2D eigenvalue weighted by Crippen LogP contribution is 2.26. The second-order valence-corrected chi connectivity index (χ2v) is 19.3. The number of hydrogen-bond donors (Lipinski definition) is 6. The van der Waals surface area contributed by atoms with Crippen molar-refractivity contribution < 1.29 is 38.1 Å². The maximum absolute atomic E-state index is 13.0. The number of piperidine rings is 2. The Kier molecular flexibility index (Phi) is 14.7. The molecule has 59 heavy (non-hydrogen) atoms. The van der Waals surface area contributed by atoms with Gasteiger partial charge < -0.3 is 61.1 Å². The smallest absolute Gasteiger partial charge is 0.407 e. The average Bonchev–Trinajstić information content (AvgIpc) is 3.24. The molecular formula is C42H67N9O8. The van der Waals surface area contributed by atoms with Crippen molar-refractivity contribution in [2.45, 2.75) is 149 Å². The number of benzene rings is 1. The molecule has 2 saturated heterocycles. The maximum atomic E-state index is 13.0. The SMILES string of the molecule is CC(C)(C)OC(=O)NC1CC(NC(=O)OC(C)(C)C)CN(C2=CCC(N3CC(NC(=O)OC(C)(C)C)CC(NC(=O)OC(C)(C)C)C3)=NC(Nc3ccc(N)cc3)=C2)C1. The monoisotopic (exact) mass is 826 g/mol. The number of rotatable bonds is 7. The van der Waals surface area contributed by atoms with Gasteiger partial charge in [0, 0.05) is 55.7 Å². The molecule has 3 aliphatic rings. The van der Waals surface area contributed by atoms with Gasteiger partial charge in [-0.05, 0) is 120 Å². The molecule has 3 heterocycles. The summed E-state index contributed by atoms with van der Waals surface area (Å²) in [4.78, 5) is 61.3. The van der Waals surface area contributed by atoms with Crippen LogP contribution in [0, 0.1) is 0 Å². The van der Waals surface area contributed by atoms with Crippen LogP contribution < -0.4 is 32.3 Å². The molecule has 4 unspecified atom stereocenters. The van der Waals surface area contributed by atoms with Gasteiger partial charge in [-0.1, -0.05) is 6.08 Å². The molecule has 0 aliphatic carbocycles. The van der Waals surface area contributed by atoms with Crippen molar-refractivity contribution >= 4 is 41.6 Å². The highest BCUT2D eigenvalue weighted by molar-refractivity contribution is 5.86. The molecule has 1 aromatic rings. The Hall–Kier alpha value is -5.35. The summed E-state index contributed by atoms with van der Waals surface area (Å²) in [6.07, 6.45) is 2.95. The number of amides is 4. The minimum atomic E-state index is -0.704. The van der Waals surface area contributed by atoms with Crippen molar-refractivity contribution in [1.82, 2.24) is 31.1 Å². The lowest BCUT2D eigenvalue weighted by molar-refractivity contribution is 0.0414. The van der Waals surface area contributed by atoms with E-state index in [9.17, 15) is 19.2 Å². The van der Waals surface area contributed by atoms with E-state index in [1.165, 1.54) is 0 Å². The fraction of sp³-hybridized carbons (Fsp3) is 0.643. The summed E-state index contributed by atoms with van der Waals surface area (Å²) in [7, 11) is 0.